The second-order valence-corrected chi connectivity index (χ2v) is 7.40. The summed E-state index contributed by atoms with van der Waals surface area (Å²) in [5, 5.41) is 3.85. The second-order valence-electron chi connectivity index (χ2n) is 7.02. The lowest BCUT2D eigenvalue weighted by atomic mass is 9.90. The summed E-state index contributed by atoms with van der Waals surface area (Å²) < 4.78 is 10.4. The van der Waals surface area contributed by atoms with Crippen LogP contribution in [0.2, 0.25) is 0 Å². The monoisotopic (exact) mass is 417 g/mol. The van der Waals surface area contributed by atoms with Gasteiger partial charge in [-0.2, -0.15) is 0 Å². The third-order valence-corrected chi connectivity index (χ3v) is 5.59. The van der Waals surface area contributed by atoms with Gasteiger partial charge in [0.05, 0.1) is 37.5 Å². The molecule has 0 spiro atoms. The van der Waals surface area contributed by atoms with Gasteiger partial charge in [-0.3, -0.25) is 4.79 Å². The molecule has 0 bridgehead atoms. The average Bonchev–Trinajstić information content (AvgIpc) is 2.76. The minimum Gasteiger partial charge on any atom is -0.465 e. The minimum atomic E-state index is -0.527. The molecule has 0 radical (unpaired) electrons. The highest BCUT2D eigenvalue weighted by Gasteiger charge is 2.37. The number of hydrogen-bond donors (Lipinski definition) is 1. The van der Waals surface area contributed by atoms with Gasteiger partial charge in [-0.25, -0.2) is 4.79 Å². The molecule has 1 N–H and O–H groups in total. The summed E-state index contributed by atoms with van der Waals surface area (Å²) >= 11 is 5.60. The van der Waals surface area contributed by atoms with Gasteiger partial charge in [0.25, 0.3) is 5.91 Å². The van der Waals surface area contributed by atoms with Gasteiger partial charge in [0.1, 0.15) is 0 Å². The van der Waals surface area contributed by atoms with Gasteiger partial charge in [-0.15, -0.1) is 0 Å². The van der Waals surface area contributed by atoms with Crippen molar-refractivity contribution in [1.82, 2.24) is 15.1 Å². The van der Waals surface area contributed by atoms with Crippen molar-refractivity contribution >= 4 is 29.2 Å². The molecule has 1 atom stereocenters. The largest absolute Gasteiger partial charge is 0.465 e. The molecular formula is C21H27N3O4S. The van der Waals surface area contributed by atoms with Crippen LogP contribution in [0, 0.1) is 0 Å². The quantitative estimate of drug-likeness (QED) is 0.582. The zero-order valence-corrected chi connectivity index (χ0v) is 17.9. The van der Waals surface area contributed by atoms with E-state index in [1.54, 1.807) is 17.0 Å². The Kier molecular flexibility index (Phi) is 6.87. The van der Waals surface area contributed by atoms with Crippen LogP contribution in [0.1, 0.15) is 42.2 Å². The number of thiocarbonyl (C=S) groups is 1. The smallest absolute Gasteiger partial charge is 0.338 e. The van der Waals surface area contributed by atoms with E-state index in [0.717, 1.165) is 12.1 Å². The Hall–Kier alpha value is -2.45. The molecular weight excluding hydrogens is 390 g/mol. The molecule has 7 nitrogen and oxygen atoms in total. The molecule has 0 saturated carbocycles. The summed E-state index contributed by atoms with van der Waals surface area (Å²) in [6, 6.07) is 6.64. The molecule has 1 fully saturated rings. The van der Waals surface area contributed by atoms with E-state index in [2.05, 4.69) is 12.2 Å². The SMILES string of the molecule is CCCN1C(=S)NC(c2ccccc2C(=O)OC)C(C(=O)N2CCOCC2)=C1C. The Morgan fingerprint density at radius 1 is 1.28 bits per heavy atom. The lowest BCUT2D eigenvalue weighted by Crippen LogP contribution is -2.51. The van der Waals surface area contributed by atoms with Gasteiger partial charge in [0, 0.05) is 25.3 Å². The predicted molar refractivity (Wildman–Crippen MR) is 113 cm³/mol. The Labute approximate surface area is 176 Å². The summed E-state index contributed by atoms with van der Waals surface area (Å²) in [7, 11) is 1.35. The summed E-state index contributed by atoms with van der Waals surface area (Å²) in [6.07, 6.45) is 0.890. The highest BCUT2D eigenvalue weighted by Crippen LogP contribution is 2.34. The molecule has 1 unspecified atom stereocenters. The maximum absolute atomic E-state index is 13.5. The Balaban J connectivity index is 2.10. The number of nitrogens with zero attached hydrogens (tertiary/aromatic N) is 2. The van der Waals surface area contributed by atoms with E-state index in [0.29, 0.717) is 54.7 Å². The first-order chi connectivity index (χ1) is 14.0. The van der Waals surface area contributed by atoms with E-state index < -0.39 is 12.0 Å². The number of methoxy groups -OCH3 is 1. The number of ether oxygens (including phenoxy) is 2. The number of allylic oxidation sites excluding steroid dienone is 1. The van der Waals surface area contributed by atoms with Crippen molar-refractivity contribution in [2.24, 2.45) is 0 Å². The Bertz CT molecular complexity index is 833. The lowest BCUT2D eigenvalue weighted by molar-refractivity contribution is -0.131. The first-order valence-corrected chi connectivity index (χ1v) is 10.2. The molecule has 1 saturated heterocycles. The van der Waals surface area contributed by atoms with Crippen LogP contribution in [0.4, 0.5) is 0 Å². The van der Waals surface area contributed by atoms with E-state index in [1.165, 1.54) is 7.11 Å². The first kappa shape index (κ1) is 21.3. The molecule has 3 rings (SSSR count). The van der Waals surface area contributed by atoms with E-state index in [-0.39, 0.29) is 5.91 Å². The molecule has 1 aromatic carbocycles. The number of carbonyl (C=O) groups excluding carboxylic acids is 2. The van der Waals surface area contributed by atoms with E-state index in [9.17, 15) is 9.59 Å². The fourth-order valence-corrected chi connectivity index (χ4v) is 4.11. The average molecular weight is 418 g/mol. The highest BCUT2D eigenvalue weighted by molar-refractivity contribution is 7.80. The lowest BCUT2D eigenvalue weighted by Gasteiger charge is -2.40. The molecule has 2 aliphatic rings. The summed E-state index contributed by atoms with van der Waals surface area (Å²) in [5.41, 5.74) is 2.51. The van der Waals surface area contributed by atoms with E-state index in [4.69, 9.17) is 21.7 Å². The maximum atomic E-state index is 13.5. The molecule has 156 valence electrons. The third kappa shape index (κ3) is 4.28. The molecule has 2 aliphatic heterocycles. The van der Waals surface area contributed by atoms with Crippen molar-refractivity contribution in [3.05, 3.63) is 46.7 Å². The molecule has 0 aliphatic carbocycles. The standard InChI is InChI=1S/C21H27N3O4S/c1-4-9-24-14(2)17(19(25)23-10-12-28-13-11-23)18(22-21(24)29)15-7-5-6-8-16(15)20(26)27-3/h5-8,18H,4,9-13H2,1-3H3,(H,22,29). The zero-order valence-electron chi connectivity index (χ0n) is 17.1. The number of morpholine rings is 1. The highest BCUT2D eigenvalue weighted by atomic mass is 32.1. The number of carbonyl (C=O) groups is 2. The molecule has 0 aromatic heterocycles. The third-order valence-electron chi connectivity index (χ3n) is 5.25. The van der Waals surface area contributed by atoms with Crippen LogP contribution < -0.4 is 5.32 Å². The van der Waals surface area contributed by atoms with Crippen molar-refractivity contribution in [1.29, 1.82) is 0 Å². The number of benzene rings is 1. The molecule has 8 heteroatoms. The second kappa shape index (κ2) is 9.37. The van der Waals surface area contributed by atoms with Crippen molar-refractivity contribution in [3.8, 4) is 0 Å². The van der Waals surface area contributed by atoms with Gasteiger partial charge in [-0.1, -0.05) is 25.1 Å². The summed E-state index contributed by atoms with van der Waals surface area (Å²) in [5.74, 6) is -0.508. The van der Waals surface area contributed by atoms with E-state index >= 15 is 0 Å². The molecule has 1 aromatic rings. The van der Waals surface area contributed by atoms with Crippen molar-refractivity contribution < 1.29 is 19.1 Å². The van der Waals surface area contributed by atoms with Crippen LogP contribution in [0.25, 0.3) is 0 Å². The number of nitrogens with one attached hydrogen (secondary N) is 1. The van der Waals surface area contributed by atoms with Gasteiger partial charge in [0.15, 0.2) is 5.11 Å². The van der Waals surface area contributed by atoms with Gasteiger partial charge in [-0.05, 0) is 37.2 Å². The van der Waals surface area contributed by atoms with Crippen LogP contribution in [0.5, 0.6) is 0 Å². The molecule has 1 amide bonds. The van der Waals surface area contributed by atoms with Crippen LogP contribution in [-0.2, 0) is 14.3 Å². The zero-order chi connectivity index (χ0) is 21.0. The van der Waals surface area contributed by atoms with Crippen LogP contribution in [-0.4, -0.2) is 66.7 Å². The minimum absolute atomic E-state index is 0.0634. The van der Waals surface area contributed by atoms with Crippen molar-refractivity contribution in [2.75, 3.05) is 40.0 Å². The van der Waals surface area contributed by atoms with Gasteiger partial charge in [0.2, 0.25) is 0 Å². The summed E-state index contributed by atoms with van der Waals surface area (Å²) in [6.45, 7) is 6.82. The van der Waals surface area contributed by atoms with Crippen LogP contribution in [0.15, 0.2) is 35.5 Å². The first-order valence-electron chi connectivity index (χ1n) is 9.82. The molecule has 2 heterocycles. The number of hydrogen-bond acceptors (Lipinski definition) is 5. The predicted octanol–water partition coefficient (Wildman–Crippen LogP) is 2.25. The molecule has 29 heavy (non-hydrogen) atoms. The normalized spacial score (nSPS) is 19.8. The number of esters is 1. The van der Waals surface area contributed by atoms with Crippen molar-refractivity contribution in [3.63, 3.8) is 0 Å². The van der Waals surface area contributed by atoms with Gasteiger partial charge >= 0.3 is 5.97 Å². The Morgan fingerprint density at radius 2 is 1.97 bits per heavy atom. The fraction of sp³-hybridized carbons (Fsp3) is 0.476. The Morgan fingerprint density at radius 3 is 2.62 bits per heavy atom. The number of rotatable bonds is 5. The topological polar surface area (TPSA) is 71.1 Å². The van der Waals surface area contributed by atoms with Gasteiger partial charge < -0.3 is 24.6 Å². The van der Waals surface area contributed by atoms with Crippen LogP contribution in [0.3, 0.4) is 0 Å². The number of amides is 1. The summed E-state index contributed by atoms with van der Waals surface area (Å²) in [4.78, 5) is 29.7. The fourth-order valence-electron chi connectivity index (χ4n) is 3.77. The van der Waals surface area contributed by atoms with E-state index in [1.807, 2.05) is 24.0 Å². The van der Waals surface area contributed by atoms with Crippen LogP contribution >= 0.6 is 12.2 Å². The van der Waals surface area contributed by atoms with Crippen molar-refractivity contribution in [2.45, 2.75) is 26.3 Å². The maximum Gasteiger partial charge on any atom is 0.338 e.